The monoisotopic (exact) mass is 511 g/mol. The van der Waals surface area contributed by atoms with Crippen LogP contribution in [0.5, 0.6) is 5.75 Å². The third kappa shape index (κ3) is 6.79. The summed E-state index contributed by atoms with van der Waals surface area (Å²) in [7, 11) is 1.41. The molecule has 37 heavy (non-hydrogen) atoms. The fraction of sp³-hybridized carbons (Fsp3) is 0.586. The average molecular weight is 512 g/mol. The van der Waals surface area contributed by atoms with E-state index in [0.29, 0.717) is 52.1 Å². The van der Waals surface area contributed by atoms with E-state index in [1.165, 1.54) is 12.7 Å². The maximum Gasteiger partial charge on any atom is 0.306 e. The lowest BCUT2D eigenvalue weighted by atomic mass is 9.94. The highest BCUT2D eigenvalue weighted by Gasteiger charge is 2.39. The summed E-state index contributed by atoms with van der Waals surface area (Å²) in [6, 6.07) is 12.1. The second-order valence-corrected chi connectivity index (χ2v) is 10.6. The molecular weight excluding hydrogens is 473 g/mol. The van der Waals surface area contributed by atoms with Gasteiger partial charge in [0.2, 0.25) is 0 Å². The lowest BCUT2D eigenvalue weighted by Crippen LogP contribution is -2.33. The van der Waals surface area contributed by atoms with Crippen LogP contribution in [-0.2, 0) is 27.1 Å². The van der Waals surface area contributed by atoms with Crippen molar-refractivity contribution in [2.24, 2.45) is 0 Å². The highest BCUT2D eigenvalue weighted by atomic mass is 19.1. The number of carbonyl (C=O) groups excluding carboxylic acids is 1. The number of nitrogens with one attached hydrogen (secondary N) is 1. The molecule has 0 amide bonds. The Kier molecular flexibility index (Phi) is 8.25. The van der Waals surface area contributed by atoms with Crippen LogP contribution >= 0.6 is 0 Å². The minimum absolute atomic E-state index is 0.0560. The quantitative estimate of drug-likeness (QED) is 0.477. The Bertz CT molecular complexity index is 1080. The number of halogens is 1. The van der Waals surface area contributed by atoms with Crippen LogP contribution in [0.25, 0.3) is 0 Å². The van der Waals surface area contributed by atoms with Gasteiger partial charge in [0.15, 0.2) is 0 Å². The predicted octanol–water partition coefficient (Wildman–Crippen LogP) is 4.30. The van der Waals surface area contributed by atoms with E-state index in [4.69, 9.17) is 19.2 Å². The number of hydrogen-bond acceptors (Lipinski definition) is 7. The van der Waals surface area contributed by atoms with Crippen molar-refractivity contribution >= 4 is 11.8 Å². The van der Waals surface area contributed by atoms with Crippen molar-refractivity contribution in [2.45, 2.75) is 62.6 Å². The Morgan fingerprint density at radius 1 is 1.35 bits per heavy atom. The van der Waals surface area contributed by atoms with Gasteiger partial charge in [-0.15, -0.1) is 0 Å². The van der Waals surface area contributed by atoms with Crippen molar-refractivity contribution < 1.29 is 23.4 Å². The number of alkyl halides is 1. The molecule has 0 spiro atoms. The molecule has 8 heteroatoms. The summed E-state index contributed by atoms with van der Waals surface area (Å²) in [5.41, 5.74) is 1.94. The maximum atomic E-state index is 15.9. The molecule has 3 atom stereocenters. The van der Waals surface area contributed by atoms with Gasteiger partial charge in [0.05, 0.1) is 26.7 Å². The van der Waals surface area contributed by atoms with Gasteiger partial charge in [0, 0.05) is 44.2 Å². The number of hydrogen-bond donors (Lipinski definition) is 1. The molecule has 2 saturated heterocycles. The van der Waals surface area contributed by atoms with Crippen LogP contribution in [0.15, 0.2) is 36.4 Å². The zero-order valence-corrected chi connectivity index (χ0v) is 21.7. The smallest absolute Gasteiger partial charge is 0.306 e. The largest absolute Gasteiger partial charge is 0.488 e. The van der Waals surface area contributed by atoms with Crippen LogP contribution in [0.3, 0.4) is 0 Å². The summed E-state index contributed by atoms with van der Waals surface area (Å²) in [5.74, 6) is 1.36. The van der Waals surface area contributed by atoms with E-state index in [1.807, 2.05) is 30.3 Å². The Hall–Kier alpha value is -2.71. The number of benzene rings is 1. The molecule has 0 bridgehead atoms. The number of aromatic nitrogens is 1. The molecule has 4 heterocycles. The van der Waals surface area contributed by atoms with Crippen molar-refractivity contribution in [3.05, 3.63) is 53.2 Å². The van der Waals surface area contributed by atoms with Gasteiger partial charge in [-0.1, -0.05) is 18.2 Å². The van der Waals surface area contributed by atoms with E-state index >= 15 is 4.39 Å². The molecule has 2 aromatic rings. The van der Waals surface area contributed by atoms with E-state index in [1.54, 1.807) is 0 Å². The topological polar surface area (TPSA) is 72.9 Å². The number of aryl methyl sites for hydroxylation is 2. The van der Waals surface area contributed by atoms with Crippen molar-refractivity contribution in [2.75, 3.05) is 51.8 Å². The summed E-state index contributed by atoms with van der Waals surface area (Å²) in [6.45, 7) is 3.89. The third-order valence-electron chi connectivity index (χ3n) is 7.80. The van der Waals surface area contributed by atoms with Gasteiger partial charge < -0.3 is 19.5 Å². The zero-order chi connectivity index (χ0) is 25.7. The van der Waals surface area contributed by atoms with Crippen LogP contribution in [-0.4, -0.2) is 74.1 Å². The van der Waals surface area contributed by atoms with Gasteiger partial charge in [-0.25, -0.2) is 9.37 Å². The first-order valence-corrected chi connectivity index (χ1v) is 13.5. The Labute approximate surface area is 218 Å². The van der Waals surface area contributed by atoms with E-state index in [2.05, 4.69) is 16.3 Å². The molecular formula is C29H38FN3O4. The molecule has 1 aromatic carbocycles. The number of carbonyl (C=O) groups is 1. The molecule has 1 aromatic heterocycles. The summed E-state index contributed by atoms with van der Waals surface area (Å²) >= 11 is 0. The summed E-state index contributed by atoms with van der Waals surface area (Å²) in [4.78, 5) is 19.1. The first-order chi connectivity index (χ1) is 18.0. The van der Waals surface area contributed by atoms with E-state index in [0.717, 1.165) is 48.6 Å². The van der Waals surface area contributed by atoms with Crippen molar-refractivity contribution in [1.29, 1.82) is 0 Å². The highest BCUT2D eigenvalue weighted by molar-refractivity contribution is 5.70. The number of esters is 1. The second-order valence-electron chi connectivity index (χ2n) is 10.6. The van der Waals surface area contributed by atoms with Gasteiger partial charge in [0.25, 0.3) is 0 Å². The maximum absolute atomic E-state index is 15.9. The molecule has 1 N–H and O–H groups in total. The molecule has 3 aliphatic heterocycles. The molecule has 5 rings (SSSR count). The normalized spacial score (nSPS) is 24.3. The minimum atomic E-state index is -1.26. The van der Waals surface area contributed by atoms with Crippen LogP contribution in [0, 0.1) is 0 Å². The molecule has 0 aliphatic carbocycles. The van der Waals surface area contributed by atoms with Gasteiger partial charge in [0.1, 0.15) is 23.3 Å². The molecule has 7 nitrogen and oxygen atoms in total. The zero-order valence-electron chi connectivity index (χ0n) is 21.7. The van der Waals surface area contributed by atoms with E-state index in [9.17, 15) is 4.79 Å². The Balaban J connectivity index is 1.21. The Morgan fingerprint density at radius 3 is 3.11 bits per heavy atom. The fourth-order valence-corrected chi connectivity index (χ4v) is 5.66. The lowest BCUT2D eigenvalue weighted by Gasteiger charge is -2.26. The summed E-state index contributed by atoms with van der Waals surface area (Å²) in [6.07, 6.45) is 4.91. The number of anilines is 1. The van der Waals surface area contributed by atoms with Crippen molar-refractivity contribution in [3.63, 3.8) is 0 Å². The van der Waals surface area contributed by atoms with Gasteiger partial charge in [-0.3, -0.25) is 9.69 Å². The van der Waals surface area contributed by atoms with Crippen LogP contribution in [0.2, 0.25) is 0 Å². The lowest BCUT2D eigenvalue weighted by molar-refractivity contribution is -0.141. The molecule has 0 saturated carbocycles. The number of methoxy groups -OCH3 is 1. The fourth-order valence-electron chi connectivity index (χ4n) is 5.66. The van der Waals surface area contributed by atoms with Crippen LogP contribution in [0.4, 0.5) is 10.2 Å². The highest BCUT2D eigenvalue weighted by Crippen LogP contribution is 2.34. The molecule has 3 aliphatic rings. The van der Waals surface area contributed by atoms with Crippen molar-refractivity contribution in [3.8, 4) is 5.75 Å². The van der Waals surface area contributed by atoms with Crippen LogP contribution in [0.1, 0.15) is 54.8 Å². The predicted molar refractivity (Wildman–Crippen MR) is 140 cm³/mol. The number of rotatable bonds is 10. The standard InChI is InChI=1S/C29H38FN3O4/c1-35-27(34)17-23(22-4-2-6-25(16-22)37-26-10-15-36-19-26)18-33-14-12-29(30,20-33)11-9-24-8-7-21-5-3-13-31-28(21)32-24/h2,4,6-8,16,23,26H,3,5,9-15,17-20H2,1H3,(H,31,32). The average Bonchev–Trinajstić information content (AvgIpc) is 3.57. The number of pyridine rings is 1. The number of nitrogens with zero attached hydrogens (tertiary/aromatic N) is 2. The number of fused-ring (bicyclic) bond motifs is 1. The van der Waals surface area contributed by atoms with Gasteiger partial charge in [-0.05, 0) is 61.4 Å². The molecule has 3 unspecified atom stereocenters. The SMILES string of the molecule is COC(=O)CC(CN1CCC(F)(CCc2ccc3c(n2)NCCC3)C1)c1cccc(OC2CCOC2)c1. The van der Waals surface area contributed by atoms with E-state index in [-0.39, 0.29) is 24.4 Å². The van der Waals surface area contributed by atoms with Crippen molar-refractivity contribution in [1.82, 2.24) is 9.88 Å². The second kappa shape index (κ2) is 11.8. The van der Waals surface area contributed by atoms with Crippen LogP contribution < -0.4 is 10.1 Å². The third-order valence-corrected chi connectivity index (χ3v) is 7.80. The van der Waals surface area contributed by atoms with E-state index < -0.39 is 5.67 Å². The molecule has 0 radical (unpaired) electrons. The first kappa shape index (κ1) is 25.9. The number of ether oxygens (including phenoxy) is 3. The first-order valence-electron chi connectivity index (χ1n) is 13.5. The van der Waals surface area contributed by atoms with Gasteiger partial charge in [-0.2, -0.15) is 0 Å². The molecule has 200 valence electrons. The summed E-state index contributed by atoms with van der Waals surface area (Å²) < 4.78 is 32.3. The molecule has 2 fully saturated rings. The number of likely N-dealkylation sites (tertiary alicyclic amines) is 1. The summed E-state index contributed by atoms with van der Waals surface area (Å²) in [5, 5.41) is 3.36. The van der Waals surface area contributed by atoms with Gasteiger partial charge >= 0.3 is 5.97 Å². The minimum Gasteiger partial charge on any atom is -0.488 e. The Morgan fingerprint density at radius 2 is 2.27 bits per heavy atom.